The number of benzene rings is 2. The van der Waals surface area contributed by atoms with Crippen molar-refractivity contribution >= 4 is 17.1 Å². The highest BCUT2D eigenvalue weighted by molar-refractivity contribution is 7.18. The summed E-state index contributed by atoms with van der Waals surface area (Å²) in [5.74, 6) is 0.221. The van der Waals surface area contributed by atoms with Gasteiger partial charge in [-0.05, 0) is 35.6 Å². The Labute approximate surface area is 148 Å². The zero-order chi connectivity index (χ0) is 17.1. The zero-order valence-corrected chi connectivity index (χ0v) is 15.2. The van der Waals surface area contributed by atoms with Crippen LogP contribution in [0, 0.1) is 6.92 Å². The number of Topliss-reactive ketones (excluding diaryl/α,β-unsaturated/α-hetero) is 1. The minimum Gasteiger partial charge on any atom is -0.293 e. The molecule has 0 aliphatic rings. The van der Waals surface area contributed by atoms with Gasteiger partial charge in [-0.3, -0.25) is 4.79 Å². The van der Waals surface area contributed by atoms with Gasteiger partial charge in [0.2, 0.25) is 0 Å². The average Bonchev–Trinajstić information content (AvgIpc) is 2.99. The van der Waals surface area contributed by atoms with Crippen LogP contribution in [-0.2, 0) is 6.42 Å². The molecule has 0 radical (unpaired) electrons. The van der Waals surface area contributed by atoms with Crippen molar-refractivity contribution in [2.24, 2.45) is 0 Å². The summed E-state index contributed by atoms with van der Waals surface area (Å²) in [7, 11) is 0. The van der Waals surface area contributed by atoms with Gasteiger partial charge in [0.25, 0.3) is 0 Å². The van der Waals surface area contributed by atoms with Crippen LogP contribution in [0.1, 0.15) is 41.1 Å². The Morgan fingerprint density at radius 2 is 1.58 bits per heavy atom. The van der Waals surface area contributed by atoms with Crippen molar-refractivity contribution < 1.29 is 4.79 Å². The predicted octanol–water partition coefficient (Wildman–Crippen LogP) is 6.55. The lowest BCUT2D eigenvalue weighted by atomic mass is 9.97. The number of aryl methyl sites for hydroxylation is 1. The van der Waals surface area contributed by atoms with Crippen LogP contribution < -0.4 is 0 Å². The maximum atomic E-state index is 12.5. The predicted molar refractivity (Wildman–Crippen MR) is 104 cm³/mol. The number of rotatable bonds is 5. The molecule has 0 amide bonds. The highest BCUT2D eigenvalue weighted by atomic mass is 32.1. The van der Waals surface area contributed by atoms with Crippen molar-refractivity contribution in [2.75, 3.05) is 0 Å². The van der Waals surface area contributed by atoms with E-state index in [0.29, 0.717) is 6.42 Å². The van der Waals surface area contributed by atoms with Crippen molar-refractivity contribution in [3.63, 3.8) is 0 Å². The lowest BCUT2D eigenvalue weighted by Gasteiger charge is -2.05. The molecule has 0 aliphatic heterocycles. The third-order valence-corrected chi connectivity index (χ3v) is 5.79. The first-order valence-electron chi connectivity index (χ1n) is 8.47. The van der Waals surface area contributed by atoms with Crippen LogP contribution in [0.15, 0.2) is 54.6 Å². The fraction of sp³-hybridized carbons (Fsp3) is 0.227. The van der Waals surface area contributed by atoms with Gasteiger partial charge in [-0.25, -0.2) is 0 Å². The Morgan fingerprint density at radius 3 is 2.17 bits per heavy atom. The third kappa shape index (κ3) is 3.07. The number of thiophene rings is 1. The van der Waals surface area contributed by atoms with Gasteiger partial charge in [0.1, 0.15) is 0 Å². The first-order valence-corrected chi connectivity index (χ1v) is 9.28. The van der Waals surface area contributed by atoms with E-state index in [0.717, 1.165) is 22.4 Å². The van der Waals surface area contributed by atoms with Crippen LogP contribution in [0.2, 0.25) is 0 Å². The molecule has 2 aromatic carbocycles. The zero-order valence-electron chi connectivity index (χ0n) is 14.4. The van der Waals surface area contributed by atoms with E-state index in [1.165, 1.54) is 21.6 Å². The van der Waals surface area contributed by atoms with Gasteiger partial charge >= 0.3 is 0 Å². The van der Waals surface area contributed by atoms with Crippen molar-refractivity contribution in [1.29, 1.82) is 0 Å². The van der Waals surface area contributed by atoms with E-state index in [2.05, 4.69) is 50.2 Å². The van der Waals surface area contributed by atoms with Crippen molar-refractivity contribution in [1.82, 2.24) is 0 Å². The molecule has 0 atom stereocenters. The molecule has 2 heteroatoms. The molecule has 1 heterocycles. The monoisotopic (exact) mass is 334 g/mol. The molecule has 0 bridgehead atoms. The SMILES string of the molecule is CCC(=O)c1sc(-c2ccc(CC)cc2)c(C)c1-c1ccccc1. The number of ketones is 1. The van der Waals surface area contributed by atoms with Gasteiger partial charge in [0, 0.05) is 16.9 Å². The number of hydrogen-bond donors (Lipinski definition) is 0. The highest BCUT2D eigenvalue weighted by Gasteiger charge is 2.21. The fourth-order valence-corrected chi connectivity index (χ4v) is 4.33. The largest absolute Gasteiger partial charge is 0.293 e. The normalized spacial score (nSPS) is 10.8. The molecule has 1 aromatic heterocycles. The van der Waals surface area contributed by atoms with E-state index in [9.17, 15) is 4.79 Å². The summed E-state index contributed by atoms with van der Waals surface area (Å²) in [5, 5.41) is 0. The molecule has 1 nitrogen and oxygen atoms in total. The number of carbonyl (C=O) groups excluding carboxylic acids is 1. The fourth-order valence-electron chi connectivity index (χ4n) is 2.99. The summed E-state index contributed by atoms with van der Waals surface area (Å²) in [6, 6.07) is 19.0. The van der Waals surface area contributed by atoms with Gasteiger partial charge < -0.3 is 0 Å². The van der Waals surface area contributed by atoms with Crippen molar-refractivity contribution in [3.05, 3.63) is 70.6 Å². The second kappa shape index (κ2) is 7.14. The molecule has 122 valence electrons. The third-order valence-electron chi connectivity index (χ3n) is 4.41. The minimum atomic E-state index is 0.221. The maximum absolute atomic E-state index is 12.5. The van der Waals surface area contributed by atoms with E-state index in [4.69, 9.17) is 0 Å². The van der Waals surface area contributed by atoms with E-state index < -0.39 is 0 Å². The number of carbonyl (C=O) groups is 1. The molecular formula is C22H22OS. The summed E-state index contributed by atoms with van der Waals surface area (Å²) in [6.45, 7) is 6.23. The second-order valence-corrected chi connectivity index (χ2v) is 6.97. The Hall–Kier alpha value is -2.19. The van der Waals surface area contributed by atoms with E-state index in [1.54, 1.807) is 11.3 Å². The van der Waals surface area contributed by atoms with Crippen LogP contribution in [0.3, 0.4) is 0 Å². The molecule has 0 spiro atoms. The highest BCUT2D eigenvalue weighted by Crippen LogP contribution is 2.42. The Balaban J connectivity index is 2.18. The lowest BCUT2D eigenvalue weighted by molar-refractivity contribution is 0.0992. The van der Waals surface area contributed by atoms with Crippen LogP contribution in [0.25, 0.3) is 21.6 Å². The Bertz CT molecular complexity index is 842. The van der Waals surface area contributed by atoms with Crippen LogP contribution in [0.4, 0.5) is 0 Å². The number of hydrogen-bond acceptors (Lipinski definition) is 2. The second-order valence-electron chi connectivity index (χ2n) is 5.95. The van der Waals surface area contributed by atoms with Gasteiger partial charge in [0.15, 0.2) is 5.78 Å². The topological polar surface area (TPSA) is 17.1 Å². The standard InChI is InChI=1S/C22H22OS/c1-4-16-11-13-18(14-12-16)21-15(3)20(17-9-7-6-8-10-17)22(24-21)19(23)5-2/h6-14H,4-5H2,1-3H3. The quantitative estimate of drug-likeness (QED) is 0.484. The smallest absolute Gasteiger partial charge is 0.173 e. The van der Waals surface area contributed by atoms with Crippen LogP contribution in [-0.4, -0.2) is 5.78 Å². The van der Waals surface area contributed by atoms with Crippen molar-refractivity contribution in [2.45, 2.75) is 33.6 Å². The molecule has 0 saturated carbocycles. The van der Waals surface area contributed by atoms with Gasteiger partial charge in [-0.15, -0.1) is 11.3 Å². The molecule has 0 aliphatic carbocycles. The summed E-state index contributed by atoms with van der Waals surface area (Å²) < 4.78 is 0. The van der Waals surface area contributed by atoms with E-state index in [-0.39, 0.29) is 5.78 Å². The molecule has 0 fully saturated rings. The average molecular weight is 334 g/mol. The van der Waals surface area contributed by atoms with Gasteiger partial charge in [-0.1, -0.05) is 68.4 Å². The first-order chi connectivity index (χ1) is 11.7. The van der Waals surface area contributed by atoms with Crippen molar-refractivity contribution in [3.8, 4) is 21.6 Å². The Morgan fingerprint density at radius 1 is 0.917 bits per heavy atom. The Kier molecular flexibility index (Phi) is 4.96. The minimum absolute atomic E-state index is 0.221. The molecule has 0 N–H and O–H groups in total. The molecule has 0 unspecified atom stereocenters. The summed E-state index contributed by atoms with van der Waals surface area (Å²) in [6.07, 6.45) is 1.58. The van der Waals surface area contributed by atoms with Crippen LogP contribution in [0.5, 0.6) is 0 Å². The summed E-state index contributed by atoms with van der Waals surface area (Å²) in [4.78, 5) is 14.6. The van der Waals surface area contributed by atoms with E-state index >= 15 is 0 Å². The summed E-state index contributed by atoms with van der Waals surface area (Å²) >= 11 is 1.63. The first kappa shape index (κ1) is 16.7. The molecule has 3 rings (SSSR count). The summed E-state index contributed by atoms with van der Waals surface area (Å²) in [5.41, 5.74) is 5.96. The molecular weight excluding hydrogens is 312 g/mol. The molecule has 0 saturated heterocycles. The van der Waals surface area contributed by atoms with E-state index in [1.807, 2.05) is 25.1 Å². The maximum Gasteiger partial charge on any atom is 0.173 e. The van der Waals surface area contributed by atoms with Gasteiger partial charge in [0.05, 0.1) is 4.88 Å². The van der Waals surface area contributed by atoms with Crippen LogP contribution >= 0.6 is 11.3 Å². The molecule has 3 aromatic rings. The lowest BCUT2D eigenvalue weighted by Crippen LogP contribution is -1.95. The van der Waals surface area contributed by atoms with Gasteiger partial charge in [-0.2, -0.15) is 0 Å². The molecule has 24 heavy (non-hydrogen) atoms.